The van der Waals surface area contributed by atoms with Gasteiger partial charge >= 0.3 is 0 Å². The van der Waals surface area contributed by atoms with Crippen molar-refractivity contribution in [1.82, 2.24) is 5.32 Å². The van der Waals surface area contributed by atoms with Crippen molar-refractivity contribution in [3.63, 3.8) is 0 Å². The van der Waals surface area contributed by atoms with E-state index in [0.29, 0.717) is 11.3 Å². The Morgan fingerprint density at radius 3 is 2.05 bits per heavy atom. The van der Waals surface area contributed by atoms with Crippen LogP contribution in [0.5, 0.6) is 0 Å². The molecule has 0 spiro atoms. The topological polar surface area (TPSA) is 87.3 Å². The van der Waals surface area contributed by atoms with Crippen molar-refractivity contribution < 1.29 is 14.4 Å². The van der Waals surface area contributed by atoms with Crippen LogP contribution >= 0.6 is 11.8 Å². The maximum Gasteiger partial charge on any atom is 0.272 e. The largest absolute Gasteiger partial charge is 0.325 e. The van der Waals surface area contributed by atoms with Crippen molar-refractivity contribution in [2.45, 2.75) is 18.7 Å². The van der Waals surface area contributed by atoms with Gasteiger partial charge in [0.1, 0.15) is 5.70 Å². The Hall–Kier alpha value is -4.62. The van der Waals surface area contributed by atoms with Crippen LogP contribution < -0.4 is 16.0 Å². The van der Waals surface area contributed by atoms with E-state index in [-0.39, 0.29) is 23.3 Å². The van der Waals surface area contributed by atoms with Gasteiger partial charge in [-0.2, -0.15) is 0 Å². The first-order valence-corrected chi connectivity index (χ1v) is 13.4. The second-order valence-corrected chi connectivity index (χ2v) is 9.91. The number of hydrogen-bond acceptors (Lipinski definition) is 4. The molecular formula is C32H29N3O3S. The van der Waals surface area contributed by atoms with Crippen LogP contribution in [-0.2, 0) is 9.59 Å². The maximum absolute atomic E-state index is 13.2. The lowest BCUT2D eigenvalue weighted by molar-refractivity contribution is -0.114. The minimum atomic E-state index is -0.444. The molecule has 7 heteroatoms. The predicted octanol–water partition coefficient (Wildman–Crippen LogP) is 6.44. The first-order valence-electron chi connectivity index (χ1n) is 12.4. The molecule has 0 unspecified atom stereocenters. The molecule has 0 atom stereocenters. The monoisotopic (exact) mass is 535 g/mol. The van der Waals surface area contributed by atoms with Gasteiger partial charge < -0.3 is 16.0 Å². The molecule has 0 heterocycles. The fourth-order valence-electron chi connectivity index (χ4n) is 3.73. The minimum absolute atomic E-state index is 0.0909. The zero-order valence-corrected chi connectivity index (χ0v) is 22.5. The second-order valence-electron chi connectivity index (χ2n) is 8.87. The normalized spacial score (nSPS) is 11.0. The lowest BCUT2D eigenvalue weighted by atomic mass is 10.1. The van der Waals surface area contributed by atoms with Gasteiger partial charge in [0, 0.05) is 21.8 Å². The highest BCUT2D eigenvalue weighted by Gasteiger charge is 2.16. The molecule has 39 heavy (non-hydrogen) atoms. The minimum Gasteiger partial charge on any atom is -0.325 e. The molecule has 4 aromatic carbocycles. The summed E-state index contributed by atoms with van der Waals surface area (Å²) in [5.74, 6) is -0.650. The lowest BCUT2D eigenvalue weighted by Gasteiger charge is -2.12. The zero-order valence-electron chi connectivity index (χ0n) is 21.7. The molecule has 3 N–H and O–H groups in total. The van der Waals surface area contributed by atoms with E-state index in [4.69, 9.17) is 0 Å². The number of aryl methyl sites for hydroxylation is 2. The SMILES string of the molecule is Cc1ccccc1/C=C(\NC(=O)c1ccccc1)C(=O)Nc1ccc(SCC(=O)Nc2ccccc2C)cc1. The van der Waals surface area contributed by atoms with E-state index in [9.17, 15) is 14.4 Å². The van der Waals surface area contributed by atoms with Crippen LogP contribution in [0.3, 0.4) is 0 Å². The summed E-state index contributed by atoms with van der Waals surface area (Å²) in [6.45, 7) is 3.89. The number of carbonyl (C=O) groups excluding carboxylic acids is 3. The number of nitrogens with one attached hydrogen (secondary N) is 3. The third kappa shape index (κ3) is 7.93. The van der Waals surface area contributed by atoms with Crippen LogP contribution in [0.25, 0.3) is 6.08 Å². The van der Waals surface area contributed by atoms with E-state index in [1.54, 1.807) is 42.5 Å². The molecule has 0 aliphatic heterocycles. The van der Waals surface area contributed by atoms with Crippen molar-refractivity contribution in [3.05, 3.63) is 131 Å². The van der Waals surface area contributed by atoms with Gasteiger partial charge in [0.15, 0.2) is 0 Å². The number of hydrogen-bond donors (Lipinski definition) is 3. The van der Waals surface area contributed by atoms with E-state index < -0.39 is 5.91 Å². The molecule has 3 amide bonds. The van der Waals surface area contributed by atoms with Crippen molar-refractivity contribution in [2.75, 3.05) is 16.4 Å². The second kappa shape index (κ2) is 13.3. The highest BCUT2D eigenvalue weighted by atomic mass is 32.2. The number of anilines is 2. The van der Waals surface area contributed by atoms with E-state index >= 15 is 0 Å². The molecule has 6 nitrogen and oxygen atoms in total. The Kier molecular flexibility index (Phi) is 9.32. The summed E-state index contributed by atoms with van der Waals surface area (Å²) in [5, 5.41) is 8.54. The fraction of sp³-hybridized carbons (Fsp3) is 0.0938. The molecular weight excluding hydrogens is 506 g/mol. The number of benzene rings is 4. The summed E-state index contributed by atoms with van der Waals surface area (Å²) < 4.78 is 0. The van der Waals surface area contributed by atoms with E-state index in [0.717, 1.165) is 27.3 Å². The molecule has 196 valence electrons. The highest BCUT2D eigenvalue weighted by Crippen LogP contribution is 2.22. The summed E-state index contributed by atoms with van der Waals surface area (Å²) in [6.07, 6.45) is 1.67. The predicted molar refractivity (Wildman–Crippen MR) is 159 cm³/mol. The maximum atomic E-state index is 13.2. The van der Waals surface area contributed by atoms with Gasteiger partial charge in [0.2, 0.25) is 5.91 Å². The first-order chi connectivity index (χ1) is 18.9. The third-order valence-corrected chi connectivity index (χ3v) is 6.93. The van der Waals surface area contributed by atoms with Crippen LogP contribution in [0.4, 0.5) is 11.4 Å². The van der Waals surface area contributed by atoms with E-state index in [2.05, 4.69) is 16.0 Å². The van der Waals surface area contributed by atoms with Crippen molar-refractivity contribution in [1.29, 1.82) is 0 Å². The molecule has 0 aliphatic carbocycles. The molecule has 4 rings (SSSR count). The summed E-state index contributed by atoms with van der Waals surface area (Å²) in [4.78, 5) is 39.3. The molecule has 0 saturated carbocycles. The van der Waals surface area contributed by atoms with Gasteiger partial charge in [-0.05, 0) is 79.1 Å². The van der Waals surface area contributed by atoms with Gasteiger partial charge in [0.25, 0.3) is 11.8 Å². The third-order valence-electron chi connectivity index (χ3n) is 5.92. The number of carbonyl (C=O) groups is 3. The molecule has 0 aliphatic rings. The van der Waals surface area contributed by atoms with E-state index in [1.165, 1.54) is 11.8 Å². The number of para-hydroxylation sites is 1. The van der Waals surface area contributed by atoms with Gasteiger partial charge in [-0.1, -0.05) is 60.7 Å². The van der Waals surface area contributed by atoms with Crippen LogP contribution in [0.15, 0.2) is 114 Å². The molecule has 0 bridgehead atoms. The van der Waals surface area contributed by atoms with Crippen molar-refractivity contribution >= 4 is 46.9 Å². The Morgan fingerprint density at radius 2 is 1.36 bits per heavy atom. The Bertz CT molecular complexity index is 1500. The summed E-state index contributed by atoms with van der Waals surface area (Å²) in [6, 6.07) is 31.2. The van der Waals surface area contributed by atoms with Crippen LogP contribution in [0.1, 0.15) is 27.0 Å². The first kappa shape index (κ1) is 27.4. The van der Waals surface area contributed by atoms with Crippen LogP contribution in [0, 0.1) is 13.8 Å². The highest BCUT2D eigenvalue weighted by molar-refractivity contribution is 8.00. The van der Waals surface area contributed by atoms with E-state index in [1.807, 2.05) is 80.6 Å². The Labute approximate surface area is 232 Å². The molecule has 0 saturated heterocycles. The van der Waals surface area contributed by atoms with Gasteiger partial charge in [-0.25, -0.2) is 0 Å². The average molecular weight is 536 g/mol. The summed E-state index contributed by atoms with van der Waals surface area (Å²) >= 11 is 1.40. The van der Waals surface area contributed by atoms with Crippen molar-refractivity contribution in [2.24, 2.45) is 0 Å². The zero-order chi connectivity index (χ0) is 27.6. The molecule has 0 radical (unpaired) electrons. The molecule has 0 aromatic heterocycles. The Balaban J connectivity index is 1.41. The lowest BCUT2D eigenvalue weighted by Crippen LogP contribution is -2.30. The summed E-state index contributed by atoms with van der Waals surface area (Å²) in [5.41, 5.74) is 4.76. The Morgan fingerprint density at radius 1 is 0.718 bits per heavy atom. The fourth-order valence-corrected chi connectivity index (χ4v) is 4.43. The van der Waals surface area contributed by atoms with Crippen LogP contribution in [-0.4, -0.2) is 23.5 Å². The van der Waals surface area contributed by atoms with Crippen molar-refractivity contribution in [3.8, 4) is 0 Å². The molecule has 0 fully saturated rings. The van der Waals surface area contributed by atoms with Gasteiger partial charge in [-0.15, -0.1) is 11.8 Å². The average Bonchev–Trinajstić information content (AvgIpc) is 2.95. The number of thioether (sulfide) groups is 1. The van der Waals surface area contributed by atoms with Gasteiger partial charge in [0.05, 0.1) is 5.75 Å². The summed E-state index contributed by atoms with van der Waals surface area (Å²) in [7, 11) is 0. The van der Waals surface area contributed by atoms with Gasteiger partial charge in [-0.3, -0.25) is 14.4 Å². The molecule has 4 aromatic rings. The smallest absolute Gasteiger partial charge is 0.272 e. The quantitative estimate of drug-likeness (QED) is 0.170. The number of rotatable bonds is 9. The standard InChI is InChI=1S/C32H29N3O3S/c1-22-10-6-8-14-25(22)20-29(35-31(37)24-12-4-3-5-13-24)32(38)33-26-16-18-27(19-17-26)39-21-30(36)34-28-15-9-7-11-23(28)2/h3-20H,21H2,1-2H3,(H,33,38)(H,34,36)(H,35,37)/b29-20-. The van der Waals surface area contributed by atoms with Crippen LogP contribution in [0.2, 0.25) is 0 Å². The number of amides is 3.